The third-order valence-corrected chi connectivity index (χ3v) is 8.28. The number of halogens is 1. The Morgan fingerprint density at radius 2 is 1.78 bits per heavy atom. The van der Waals surface area contributed by atoms with Crippen molar-refractivity contribution in [2.75, 3.05) is 0 Å². The van der Waals surface area contributed by atoms with Crippen molar-refractivity contribution in [2.45, 2.75) is 79.1 Å². The van der Waals surface area contributed by atoms with E-state index in [4.69, 9.17) is 3.07 Å². The Morgan fingerprint density at radius 3 is 2.52 bits per heavy atom. The topological polar surface area (TPSA) is 9.23 Å². The van der Waals surface area contributed by atoms with Crippen LogP contribution < -0.4 is 0 Å². The fourth-order valence-electron chi connectivity index (χ4n) is 6.74. The van der Waals surface area contributed by atoms with E-state index in [0.29, 0.717) is 5.41 Å². The van der Waals surface area contributed by atoms with Crippen molar-refractivity contribution >= 4 is 23.0 Å². The van der Waals surface area contributed by atoms with E-state index in [2.05, 4.69) is 42.9 Å². The van der Waals surface area contributed by atoms with Crippen molar-refractivity contribution in [3.05, 3.63) is 11.8 Å². The zero-order valence-electron chi connectivity index (χ0n) is 15.5. The van der Waals surface area contributed by atoms with Gasteiger partial charge in [-0.1, -0.05) is 34.1 Å². The van der Waals surface area contributed by atoms with Crippen molar-refractivity contribution in [2.24, 2.45) is 40.9 Å². The maximum atomic E-state index is 5.72. The second-order valence-electron chi connectivity index (χ2n) is 8.69. The van der Waals surface area contributed by atoms with Gasteiger partial charge in [0.1, 0.15) is 5.76 Å². The third kappa shape index (κ3) is 3.00. The first-order valence-corrected chi connectivity index (χ1v) is 11.0. The molecule has 4 aliphatic carbocycles. The van der Waals surface area contributed by atoms with Crippen LogP contribution in [0.2, 0.25) is 0 Å². The average Bonchev–Trinajstić information content (AvgIpc) is 2.92. The van der Waals surface area contributed by atoms with E-state index in [1.54, 1.807) is 0 Å². The number of hydrogen-bond acceptors (Lipinski definition) is 1. The van der Waals surface area contributed by atoms with Crippen LogP contribution in [-0.4, -0.2) is 0 Å². The minimum Gasteiger partial charge on any atom is -0.432 e. The molecule has 2 heteroatoms. The van der Waals surface area contributed by atoms with Gasteiger partial charge in [-0.25, -0.2) is 0 Å². The summed E-state index contributed by atoms with van der Waals surface area (Å²) in [4.78, 5) is 0. The molecular formula is C21H35IO. The zero-order chi connectivity index (χ0) is 16.6. The van der Waals surface area contributed by atoms with E-state index in [-0.39, 0.29) is 0 Å². The largest absolute Gasteiger partial charge is 0.432 e. The van der Waals surface area contributed by atoms with E-state index in [9.17, 15) is 0 Å². The number of rotatable bonds is 1. The third-order valence-electron chi connectivity index (χ3n) is 7.81. The van der Waals surface area contributed by atoms with Gasteiger partial charge in [-0.05, 0) is 86.5 Å². The molecule has 0 aromatic carbocycles. The van der Waals surface area contributed by atoms with Gasteiger partial charge in [-0.2, -0.15) is 0 Å². The summed E-state index contributed by atoms with van der Waals surface area (Å²) in [5.41, 5.74) is 0.358. The molecule has 0 spiro atoms. The first kappa shape index (κ1) is 18.1. The Labute approximate surface area is 157 Å². The molecule has 0 aromatic rings. The monoisotopic (exact) mass is 430 g/mol. The molecule has 7 unspecified atom stereocenters. The van der Waals surface area contributed by atoms with Crippen molar-refractivity contribution in [1.82, 2.24) is 0 Å². The quantitative estimate of drug-likeness (QED) is 0.401. The Bertz CT molecular complexity index is 445. The summed E-state index contributed by atoms with van der Waals surface area (Å²) in [6.45, 7) is 8.96. The number of allylic oxidation sites excluding steroid dienone is 2. The van der Waals surface area contributed by atoms with Crippen molar-refractivity contribution in [1.29, 1.82) is 0 Å². The van der Waals surface area contributed by atoms with Crippen LogP contribution in [0.25, 0.3) is 0 Å². The predicted molar refractivity (Wildman–Crippen MR) is 106 cm³/mol. The summed E-state index contributed by atoms with van der Waals surface area (Å²) < 4.78 is 5.72. The molecule has 0 N–H and O–H groups in total. The van der Waals surface area contributed by atoms with Crippen LogP contribution in [0, 0.1) is 40.9 Å². The molecule has 0 bridgehead atoms. The minimum atomic E-state index is 0.358. The highest BCUT2D eigenvalue weighted by Crippen LogP contribution is 2.63. The van der Waals surface area contributed by atoms with Gasteiger partial charge in [0.2, 0.25) is 0 Å². The Morgan fingerprint density at radius 1 is 1.04 bits per heavy atom. The van der Waals surface area contributed by atoms with Gasteiger partial charge in [-0.3, -0.25) is 0 Å². The van der Waals surface area contributed by atoms with Crippen LogP contribution in [0.1, 0.15) is 79.1 Å². The average molecular weight is 430 g/mol. The molecule has 4 rings (SSSR count). The van der Waals surface area contributed by atoms with Gasteiger partial charge in [0, 0.05) is 5.41 Å². The number of fused-ring (bicyclic) bond motifs is 5. The molecule has 23 heavy (non-hydrogen) atoms. The van der Waals surface area contributed by atoms with Crippen LogP contribution in [-0.2, 0) is 3.07 Å². The van der Waals surface area contributed by atoms with Gasteiger partial charge in [0.25, 0.3) is 0 Å². The van der Waals surface area contributed by atoms with Crippen LogP contribution in [0.5, 0.6) is 0 Å². The first-order chi connectivity index (χ1) is 11.1. The van der Waals surface area contributed by atoms with Gasteiger partial charge in [0.15, 0.2) is 23.0 Å². The molecule has 4 aliphatic rings. The smallest absolute Gasteiger partial charge is 0.192 e. The lowest BCUT2D eigenvalue weighted by molar-refractivity contribution is -0.0547. The second kappa shape index (κ2) is 7.25. The van der Waals surface area contributed by atoms with Gasteiger partial charge in [0.05, 0.1) is 0 Å². The molecule has 3 fully saturated rings. The second-order valence-corrected chi connectivity index (χ2v) is 9.13. The molecule has 0 amide bonds. The van der Waals surface area contributed by atoms with E-state index in [1.165, 1.54) is 57.1 Å². The summed E-state index contributed by atoms with van der Waals surface area (Å²) in [5, 5.41) is 0. The molecule has 132 valence electrons. The Hall–Kier alpha value is 0.270. The van der Waals surface area contributed by atoms with E-state index in [0.717, 1.165) is 35.5 Å². The molecule has 0 heterocycles. The summed E-state index contributed by atoms with van der Waals surface area (Å²) in [6, 6.07) is 0. The molecule has 0 radical (unpaired) electrons. The lowest BCUT2D eigenvalue weighted by Crippen LogP contribution is -2.48. The van der Waals surface area contributed by atoms with Crippen LogP contribution in [0.15, 0.2) is 11.8 Å². The number of hydrogen-bond donors (Lipinski definition) is 0. The Balaban J connectivity index is 0.000000753. The maximum Gasteiger partial charge on any atom is 0.192 e. The van der Waals surface area contributed by atoms with Crippen LogP contribution in [0.4, 0.5) is 0 Å². The van der Waals surface area contributed by atoms with Crippen LogP contribution in [0.3, 0.4) is 0 Å². The predicted octanol–water partition coefficient (Wildman–Crippen LogP) is 7.16. The molecule has 0 aromatic heterocycles. The fraction of sp³-hybridized carbons (Fsp3) is 0.905. The van der Waals surface area contributed by atoms with E-state index in [1.807, 2.05) is 13.8 Å². The highest BCUT2D eigenvalue weighted by atomic mass is 127. The van der Waals surface area contributed by atoms with Gasteiger partial charge >= 0.3 is 0 Å². The summed E-state index contributed by atoms with van der Waals surface area (Å²) in [6.07, 6.45) is 14.1. The highest BCUT2D eigenvalue weighted by molar-refractivity contribution is 14.1. The fourth-order valence-corrected chi connectivity index (χ4v) is 7.42. The van der Waals surface area contributed by atoms with Crippen molar-refractivity contribution < 1.29 is 3.07 Å². The van der Waals surface area contributed by atoms with Crippen molar-refractivity contribution in [3.63, 3.8) is 0 Å². The molecule has 7 atom stereocenters. The van der Waals surface area contributed by atoms with Crippen molar-refractivity contribution in [3.8, 4) is 0 Å². The molecule has 0 aliphatic heterocycles. The summed E-state index contributed by atoms with van der Waals surface area (Å²) in [5.74, 6) is 7.31. The van der Waals surface area contributed by atoms with E-state index < -0.39 is 0 Å². The van der Waals surface area contributed by atoms with Gasteiger partial charge in [-0.15, -0.1) is 0 Å². The zero-order valence-corrected chi connectivity index (χ0v) is 17.6. The van der Waals surface area contributed by atoms with Gasteiger partial charge < -0.3 is 3.07 Å². The summed E-state index contributed by atoms with van der Waals surface area (Å²) >= 11 is 2.10. The molecule has 3 saturated carbocycles. The van der Waals surface area contributed by atoms with Crippen LogP contribution >= 0.6 is 23.0 Å². The normalized spacial score (nSPS) is 48.1. The SMILES string of the molecule is CC.CC1CCC2C(CCC3C2CCC2(C)C(OI)=CCC32)C1. The summed E-state index contributed by atoms with van der Waals surface area (Å²) in [7, 11) is 0. The molecular weight excluding hydrogens is 395 g/mol. The maximum absolute atomic E-state index is 5.72. The molecule has 0 saturated heterocycles. The lowest BCUT2D eigenvalue weighted by Gasteiger charge is -2.55. The standard InChI is InChI=1S/C19H29IO.C2H6/c1-12-3-5-14-13(11-12)4-6-16-15(14)9-10-19(2)17(16)7-8-18(19)21-20;1-2/h8,12-17H,3-7,9-11H2,1-2H3;1-2H3. The molecule has 1 nitrogen and oxygen atoms in total. The highest BCUT2D eigenvalue weighted by Gasteiger charge is 2.55. The van der Waals surface area contributed by atoms with E-state index >= 15 is 0 Å². The lowest BCUT2D eigenvalue weighted by atomic mass is 9.50. The Kier molecular flexibility index (Phi) is 5.70. The first-order valence-electron chi connectivity index (χ1n) is 10.1. The minimum absolute atomic E-state index is 0.358.